The fourth-order valence-corrected chi connectivity index (χ4v) is 4.46. The van der Waals surface area contributed by atoms with Gasteiger partial charge < -0.3 is 26.4 Å². The molecule has 5 amide bonds. The largest absolute Gasteiger partial charge is 0.464 e. The summed E-state index contributed by atoms with van der Waals surface area (Å²) in [5.41, 5.74) is 6.81. The van der Waals surface area contributed by atoms with Crippen molar-refractivity contribution in [1.82, 2.24) is 20.9 Å². The standard InChI is InChI=1S/C29H41N5O7S/c1-19(2)18-41-29(40)23(9-4-5-13-34-25(36)10-11-26(34)37)32-24(35)17-31-28(39)22(12-14-42-3)33-27(38)21-8-6-7-20(15-21)16-30/h6-8,10-11,15,19,22-23H,4-5,9,12-14,16-18,30H2,1-3H3,(H,31,39)(H,32,35)(H,33,38)/t22-,23-/m0/s1. The zero-order chi connectivity index (χ0) is 31.1. The fraction of sp³-hybridized carbons (Fsp3) is 0.517. The number of nitrogens with zero attached hydrogens (tertiary/aromatic N) is 1. The van der Waals surface area contributed by atoms with Crippen LogP contribution in [0.2, 0.25) is 0 Å². The van der Waals surface area contributed by atoms with Crippen LogP contribution in [0, 0.1) is 5.92 Å². The van der Waals surface area contributed by atoms with Gasteiger partial charge in [-0.1, -0.05) is 26.0 Å². The normalized spacial score (nSPS) is 14.1. The predicted octanol–water partition coefficient (Wildman–Crippen LogP) is 0.892. The number of imide groups is 1. The number of benzene rings is 1. The van der Waals surface area contributed by atoms with Crippen molar-refractivity contribution in [2.45, 2.75) is 58.2 Å². The van der Waals surface area contributed by atoms with E-state index in [2.05, 4.69) is 16.0 Å². The van der Waals surface area contributed by atoms with Gasteiger partial charge in [-0.05, 0) is 61.3 Å². The van der Waals surface area contributed by atoms with E-state index in [0.717, 1.165) is 10.5 Å². The molecule has 0 radical (unpaired) electrons. The molecule has 0 aliphatic carbocycles. The molecule has 1 heterocycles. The first kappa shape index (κ1) is 34.5. The number of nitrogens with two attached hydrogens (primary N) is 1. The molecule has 2 atom stereocenters. The lowest BCUT2D eigenvalue weighted by molar-refractivity contribution is -0.149. The number of hydrogen-bond acceptors (Lipinski definition) is 9. The lowest BCUT2D eigenvalue weighted by atomic mass is 10.1. The maximum absolute atomic E-state index is 12.9. The zero-order valence-electron chi connectivity index (χ0n) is 24.4. The number of rotatable bonds is 18. The topological polar surface area (TPSA) is 177 Å². The van der Waals surface area contributed by atoms with Crippen molar-refractivity contribution in [3.63, 3.8) is 0 Å². The highest BCUT2D eigenvalue weighted by atomic mass is 32.2. The molecule has 13 heteroatoms. The molecule has 0 fully saturated rings. The molecule has 0 saturated carbocycles. The Bertz CT molecular complexity index is 1140. The summed E-state index contributed by atoms with van der Waals surface area (Å²) >= 11 is 1.51. The number of thioether (sulfide) groups is 1. The number of carbonyl (C=O) groups is 6. The molecule has 1 aliphatic heterocycles. The lowest BCUT2D eigenvalue weighted by Crippen LogP contribution is -2.51. The van der Waals surface area contributed by atoms with Gasteiger partial charge in [0, 0.05) is 30.8 Å². The van der Waals surface area contributed by atoms with E-state index in [1.165, 1.54) is 23.9 Å². The Kier molecular flexibility index (Phi) is 14.7. The SMILES string of the molecule is CSCC[C@H](NC(=O)c1cccc(CN)c1)C(=O)NCC(=O)N[C@@H](CCCCN1C(=O)C=CC1=O)C(=O)OCC(C)C. The lowest BCUT2D eigenvalue weighted by Gasteiger charge is -2.21. The smallest absolute Gasteiger partial charge is 0.328 e. The van der Waals surface area contributed by atoms with E-state index in [9.17, 15) is 28.8 Å². The van der Waals surface area contributed by atoms with Crippen LogP contribution in [0.5, 0.6) is 0 Å². The van der Waals surface area contributed by atoms with E-state index in [4.69, 9.17) is 10.5 Å². The van der Waals surface area contributed by atoms with Crippen molar-refractivity contribution in [2.75, 3.05) is 31.7 Å². The number of unbranched alkanes of at least 4 members (excludes halogenated alkanes) is 1. The van der Waals surface area contributed by atoms with Gasteiger partial charge in [0.1, 0.15) is 12.1 Å². The molecule has 1 aliphatic rings. The Morgan fingerprint density at radius 3 is 2.36 bits per heavy atom. The van der Waals surface area contributed by atoms with E-state index in [1.54, 1.807) is 24.3 Å². The molecule has 0 saturated heterocycles. The molecule has 1 aromatic rings. The summed E-state index contributed by atoms with van der Waals surface area (Å²) in [5.74, 6) is -2.25. The summed E-state index contributed by atoms with van der Waals surface area (Å²) in [6.07, 6.45) is 5.72. The summed E-state index contributed by atoms with van der Waals surface area (Å²) in [7, 11) is 0. The van der Waals surface area contributed by atoms with Gasteiger partial charge in [-0.25, -0.2) is 4.79 Å². The molecule has 1 aromatic carbocycles. The summed E-state index contributed by atoms with van der Waals surface area (Å²) in [5, 5.41) is 7.88. The van der Waals surface area contributed by atoms with Gasteiger partial charge >= 0.3 is 5.97 Å². The van der Waals surface area contributed by atoms with Crippen LogP contribution in [0.4, 0.5) is 0 Å². The highest BCUT2D eigenvalue weighted by Crippen LogP contribution is 2.10. The Morgan fingerprint density at radius 1 is 1.00 bits per heavy atom. The third-order valence-corrected chi connectivity index (χ3v) is 6.93. The van der Waals surface area contributed by atoms with Gasteiger partial charge in [-0.15, -0.1) is 0 Å². The highest BCUT2D eigenvalue weighted by Gasteiger charge is 2.26. The van der Waals surface area contributed by atoms with E-state index in [-0.39, 0.29) is 43.8 Å². The number of amides is 5. The summed E-state index contributed by atoms with van der Waals surface area (Å²) in [6, 6.07) is 4.94. The van der Waals surface area contributed by atoms with Gasteiger partial charge in [0.2, 0.25) is 11.8 Å². The van der Waals surface area contributed by atoms with Gasteiger partial charge in [-0.2, -0.15) is 11.8 Å². The molecular weight excluding hydrogens is 562 g/mol. The van der Waals surface area contributed by atoms with Gasteiger partial charge in [0.05, 0.1) is 13.2 Å². The average molecular weight is 604 g/mol. The van der Waals surface area contributed by atoms with Crippen molar-refractivity contribution in [1.29, 1.82) is 0 Å². The molecular formula is C29H41N5O7S. The van der Waals surface area contributed by atoms with E-state index in [0.29, 0.717) is 30.6 Å². The van der Waals surface area contributed by atoms with Gasteiger partial charge in [0.15, 0.2) is 0 Å². The van der Waals surface area contributed by atoms with Crippen molar-refractivity contribution in [3.8, 4) is 0 Å². The molecule has 42 heavy (non-hydrogen) atoms. The molecule has 2 rings (SSSR count). The maximum atomic E-state index is 12.9. The van der Waals surface area contributed by atoms with Crippen LogP contribution >= 0.6 is 11.8 Å². The number of esters is 1. The Balaban J connectivity index is 1.94. The third kappa shape index (κ3) is 11.6. The minimum Gasteiger partial charge on any atom is -0.464 e. The van der Waals surface area contributed by atoms with Gasteiger partial charge in [-0.3, -0.25) is 28.9 Å². The minimum absolute atomic E-state index is 0.0930. The first-order chi connectivity index (χ1) is 20.0. The predicted molar refractivity (Wildman–Crippen MR) is 159 cm³/mol. The van der Waals surface area contributed by atoms with E-state index < -0.39 is 42.3 Å². The van der Waals surface area contributed by atoms with Crippen LogP contribution in [0.15, 0.2) is 36.4 Å². The number of nitrogens with one attached hydrogen (secondary N) is 3. The van der Waals surface area contributed by atoms with Crippen LogP contribution in [0.1, 0.15) is 55.5 Å². The first-order valence-electron chi connectivity index (χ1n) is 13.9. The molecule has 0 aromatic heterocycles. The van der Waals surface area contributed by atoms with Crippen LogP contribution < -0.4 is 21.7 Å². The summed E-state index contributed by atoms with van der Waals surface area (Å²) in [6.45, 7) is 4.00. The molecule has 5 N–H and O–H groups in total. The molecule has 0 spiro atoms. The highest BCUT2D eigenvalue weighted by molar-refractivity contribution is 7.98. The maximum Gasteiger partial charge on any atom is 0.328 e. The third-order valence-electron chi connectivity index (χ3n) is 6.28. The van der Waals surface area contributed by atoms with Crippen molar-refractivity contribution in [3.05, 3.63) is 47.5 Å². The van der Waals surface area contributed by atoms with Crippen LogP contribution in [0.25, 0.3) is 0 Å². The molecule has 0 bridgehead atoms. The van der Waals surface area contributed by atoms with Crippen molar-refractivity contribution in [2.24, 2.45) is 11.7 Å². The van der Waals surface area contributed by atoms with Gasteiger partial charge in [0.25, 0.3) is 17.7 Å². The Morgan fingerprint density at radius 2 is 1.71 bits per heavy atom. The Labute approximate surface area is 250 Å². The van der Waals surface area contributed by atoms with Crippen LogP contribution in [0.3, 0.4) is 0 Å². The summed E-state index contributed by atoms with van der Waals surface area (Å²) in [4.78, 5) is 75.7. The fourth-order valence-electron chi connectivity index (χ4n) is 3.99. The number of carbonyl (C=O) groups excluding carboxylic acids is 6. The second kappa shape index (κ2) is 18.0. The molecule has 230 valence electrons. The second-order valence-electron chi connectivity index (χ2n) is 10.2. The molecule has 12 nitrogen and oxygen atoms in total. The molecule has 0 unspecified atom stereocenters. The van der Waals surface area contributed by atoms with E-state index in [1.807, 2.05) is 20.1 Å². The number of ether oxygens (including phenoxy) is 1. The number of hydrogen-bond donors (Lipinski definition) is 4. The second-order valence-corrected chi connectivity index (χ2v) is 11.2. The first-order valence-corrected chi connectivity index (χ1v) is 15.3. The van der Waals surface area contributed by atoms with Crippen molar-refractivity contribution < 1.29 is 33.5 Å². The van der Waals surface area contributed by atoms with Crippen LogP contribution in [-0.2, 0) is 35.3 Å². The summed E-state index contributed by atoms with van der Waals surface area (Å²) < 4.78 is 5.31. The zero-order valence-corrected chi connectivity index (χ0v) is 25.2. The Hall–Kier alpha value is -3.71. The monoisotopic (exact) mass is 603 g/mol. The van der Waals surface area contributed by atoms with E-state index >= 15 is 0 Å². The average Bonchev–Trinajstić information content (AvgIpc) is 3.30. The van der Waals surface area contributed by atoms with Crippen LogP contribution in [-0.4, -0.2) is 84.2 Å². The minimum atomic E-state index is -0.974. The van der Waals surface area contributed by atoms with Crippen molar-refractivity contribution >= 4 is 47.3 Å². The quantitative estimate of drug-likeness (QED) is 0.108.